The van der Waals surface area contributed by atoms with E-state index in [0.29, 0.717) is 30.5 Å². The van der Waals surface area contributed by atoms with Gasteiger partial charge in [-0.25, -0.2) is 15.0 Å². The van der Waals surface area contributed by atoms with Crippen LogP contribution < -0.4 is 10.2 Å². The van der Waals surface area contributed by atoms with Crippen LogP contribution in [-0.2, 0) is 11.3 Å². The molecule has 10 heteroatoms. The van der Waals surface area contributed by atoms with Gasteiger partial charge in [0.15, 0.2) is 0 Å². The van der Waals surface area contributed by atoms with E-state index in [1.165, 1.54) is 11.3 Å². The Labute approximate surface area is 184 Å². The van der Waals surface area contributed by atoms with E-state index in [0.717, 1.165) is 27.9 Å². The summed E-state index contributed by atoms with van der Waals surface area (Å²) >= 11 is 1.36. The molecule has 1 atom stereocenters. The van der Waals surface area contributed by atoms with Crippen LogP contribution in [0, 0.1) is 0 Å². The van der Waals surface area contributed by atoms with Gasteiger partial charge >= 0.3 is 0 Å². The molecule has 0 saturated carbocycles. The van der Waals surface area contributed by atoms with Crippen molar-refractivity contribution in [1.29, 1.82) is 0 Å². The van der Waals surface area contributed by atoms with Crippen LogP contribution in [0.25, 0.3) is 10.2 Å². The number of aromatic nitrogens is 3. The number of aliphatic hydroxyl groups excluding tert-OH is 1. The Morgan fingerprint density at radius 3 is 2.90 bits per heavy atom. The van der Waals surface area contributed by atoms with Crippen LogP contribution in [0.2, 0.25) is 0 Å². The first-order valence-electron chi connectivity index (χ1n) is 10.2. The molecule has 1 saturated heterocycles. The highest BCUT2D eigenvalue weighted by Crippen LogP contribution is 2.37. The van der Waals surface area contributed by atoms with E-state index in [4.69, 9.17) is 9.84 Å². The molecule has 4 heterocycles. The van der Waals surface area contributed by atoms with Crippen molar-refractivity contribution in [3.8, 4) is 0 Å². The number of nitrogens with zero attached hydrogens (tertiary/aromatic N) is 5. The lowest BCUT2D eigenvalue weighted by molar-refractivity contribution is -0.0323. The van der Waals surface area contributed by atoms with Crippen LogP contribution in [0.1, 0.15) is 26.9 Å². The number of amides is 1. The number of thiophene rings is 1. The Hall–Kier alpha value is -2.66. The number of carbonyl (C=O) groups excluding carboxylic acids is 1. The Bertz CT molecular complexity index is 1040. The van der Waals surface area contributed by atoms with E-state index in [2.05, 4.69) is 25.2 Å². The number of aliphatic hydroxyl groups is 1. The molecule has 1 aliphatic heterocycles. The fraction of sp³-hybridized carbons (Fsp3) is 0.429. The minimum Gasteiger partial charge on any atom is -0.395 e. The van der Waals surface area contributed by atoms with Crippen molar-refractivity contribution in [2.24, 2.45) is 0 Å². The molecule has 1 aliphatic rings. The third-order valence-electron chi connectivity index (χ3n) is 5.08. The monoisotopic (exact) mass is 442 g/mol. The second-order valence-electron chi connectivity index (χ2n) is 7.56. The third-order valence-corrected chi connectivity index (χ3v) is 6.21. The highest BCUT2D eigenvalue weighted by atomic mass is 32.1. The molecule has 1 fully saturated rings. The van der Waals surface area contributed by atoms with E-state index in [-0.39, 0.29) is 25.2 Å². The Balaban J connectivity index is 1.56. The summed E-state index contributed by atoms with van der Waals surface area (Å²) in [5.74, 6) is 0.472. The van der Waals surface area contributed by atoms with Gasteiger partial charge in [0.05, 0.1) is 19.3 Å². The van der Waals surface area contributed by atoms with Gasteiger partial charge in [0.1, 0.15) is 9.71 Å². The Morgan fingerprint density at radius 2 is 2.16 bits per heavy atom. The van der Waals surface area contributed by atoms with Crippen molar-refractivity contribution >= 4 is 33.4 Å². The number of carbonyl (C=O) groups is 1. The highest BCUT2D eigenvalue weighted by molar-refractivity contribution is 7.20. The maximum Gasteiger partial charge on any atom is 0.261 e. The number of nitrogens with one attached hydrogen (secondary N) is 1. The first-order valence-corrected chi connectivity index (χ1v) is 11.0. The number of anilines is 1. The SMILES string of the molecule is CN(C)c1ncc(CN2CCOC(c3c(C(=O)NCCO)sc4ncccc34)C2)cn1. The van der Waals surface area contributed by atoms with Crippen LogP contribution in [-0.4, -0.2) is 77.8 Å². The fourth-order valence-electron chi connectivity index (χ4n) is 3.63. The number of rotatable bonds is 7. The second kappa shape index (κ2) is 9.65. The van der Waals surface area contributed by atoms with Crippen LogP contribution in [0.5, 0.6) is 0 Å². The average Bonchev–Trinajstić information content (AvgIpc) is 3.18. The van der Waals surface area contributed by atoms with Crippen LogP contribution >= 0.6 is 11.3 Å². The van der Waals surface area contributed by atoms with Crippen molar-refractivity contribution in [3.05, 3.63) is 46.7 Å². The Kier molecular flexibility index (Phi) is 6.71. The van der Waals surface area contributed by atoms with Crippen molar-refractivity contribution < 1.29 is 14.6 Å². The summed E-state index contributed by atoms with van der Waals surface area (Å²) in [7, 11) is 3.83. The lowest BCUT2D eigenvalue weighted by Gasteiger charge is -2.33. The predicted octanol–water partition coefficient (Wildman–Crippen LogP) is 1.45. The molecule has 3 aromatic heterocycles. The zero-order chi connectivity index (χ0) is 21.8. The first-order chi connectivity index (χ1) is 15.1. The van der Waals surface area contributed by atoms with E-state index < -0.39 is 0 Å². The minimum atomic E-state index is -0.247. The van der Waals surface area contributed by atoms with Crippen LogP contribution in [0.15, 0.2) is 30.7 Å². The molecular formula is C21H26N6O3S. The van der Waals surface area contributed by atoms with Crippen molar-refractivity contribution in [3.63, 3.8) is 0 Å². The van der Waals surface area contributed by atoms with Gasteiger partial charge in [-0.1, -0.05) is 6.07 Å². The Morgan fingerprint density at radius 1 is 1.35 bits per heavy atom. The van der Waals surface area contributed by atoms with Crippen LogP contribution in [0.4, 0.5) is 5.95 Å². The molecule has 0 spiro atoms. The lowest BCUT2D eigenvalue weighted by atomic mass is 10.0. The molecule has 31 heavy (non-hydrogen) atoms. The summed E-state index contributed by atoms with van der Waals surface area (Å²) in [5.41, 5.74) is 1.90. The quantitative estimate of drug-likeness (QED) is 0.567. The number of ether oxygens (including phenoxy) is 1. The summed E-state index contributed by atoms with van der Waals surface area (Å²) in [5, 5.41) is 12.8. The minimum absolute atomic E-state index is 0.105. The summed E-state index contributed by atoms with van der Waals surface area (Å²) < 4.78 is 6.11. The van der Waals surface area contributed by atoms with Crippen molar-refractivity contribution in [1.82, 2.24) is 25.2 Å². The van der Waals surface area contributed by atoms with Gasteiger partial charge < -0.3 is 20.1 Å². The molecule has 3 aromatic rings. The van der Waals surface area contributed by atoms with Gasteiger partial charge in [0.25, 0.3) is 5.91 Å². The topological polar surface area (TPSA) is 104 Å². The number of hydrogen-bond donors (Lipinski definition) is 2. The van der Waals surface area contributed by atoms with Gasteiger partial charge in [0.2, 0.25) is 5.95 Å². The third kappa shape index (κ3) is 4.82. The summed E-state index contributed by atoms with van der Waals surface area (Å²) in [6, 6.07) is 3.85. The molecule has 0 bridgehead atoms. The molecule has 0 aliphatic carbocycles. The number of fused-ring (bicyclic) bond motifs is 1. The number of morpholine rings is 1. The maximum absolute atomic E-state index is 12.8. The van der Waals surface area contributed by atoms with Gasteiger partial charge in [-0.3, -0.25) is 9.69 Å². The lowest BCUT2D eigenvalue weighted by Crippen LogP contribution is -2.38. The number of hydrogen-bond acceptors (Lipinski definition) is 9. The van der Waals surface area contributed by atoms with E-state index in [1.54, 1.807) is 6.20 Å². The average molecular weight is 443 g/mol. The van der Waals surface area contributed by atoms with Gasteiger partial charge in [-0.05, 0) is 6.07 Å². The molecule has 0 radical (unpaired) electrons. The van der Waals surface area contributed by atoms with Crippen molar-refractivity contribution in [2.45, 2.75) is 12.6 Å². The van der Waals surface area contributed by atoms with Crippen LogP contribution in [0.3, 0.4) is 0 Å². The summed E-state index contributed by atoms with van der Waals surface area (Å²) in [6.45, 7) is 2.82. The van der Waals surface area contributed by atoms with E-state index in [9.17, 15) is 4.79 Å². The normalized spacial score (nSPS) is 17.1. The highest BCUT2D eigenvalue weighted by Gasteiger charge is 2.30. The fourth-order valence-corrected chi connectivity index (χ4v) is 4.74. The standard InChI is InChI=1S/C21H26N6O3S/c1-26(2)21-24-10-14(11-25-21)12-27-7-9-30-16(13-27)17-15-4-3-5-23-20(15)31-18(17)19(29)22-6-8-28/h3-5,10-11,16,28H,6-9,12-13H2,1-2H3,(H,22,29). The van der Waals surface area contributed by atoms with E-state index >= 15 is 0 Å². The molecule has 9 nitrogen and oxygen atoms in total. The molecular weight excluding hydrogens is 416 g/mol. The van der Waals surface area contributed by atoms with Gasteiger partial charge in [0, 0.05) is 75.4 Å². The smallest absolute Gasteiger partial charge is 0.261 e. The molecule has 4 rings (SSSR count). The molecule has 1 unspecified atom stereocenters. The maximum atomic E-state index is 12.8. The predicted molar refractivity (Wildman–Crippen MR) is 119 cm³/mol. The number of pyridine rings is 1. The zero-order valence-electron chi connectivity index (χ0n) is 17.6. The molecule has 164 valence electrons. The molecule has 1 amide bonds. The van der Waals surface area contributed by atoms with Gasteiger partial charge in [-0.2, -0.15) is 0 Å². The van der Waals surface area contributed by atoms with E-state index in [1.807, 2.05) is 43.5 Å². The molecule has 0 aromatic carbocycles. The zero-order valence-corrected chi connectivity index (χ0v) is 18.4. The first kappa shape index (κ1) is 21.6. The largest absolute Gasteiger partial charge is 0.395 e. The summed E-state index contributed by atoms with van der Waals surface area (Å²) in [4.78, 5) is 31.5. The molecule has 2 N–H and O–H groups in total. The second-order valence-corrected chi connectivity index (χ2v) is 8.56. The van der Waals surface area contributed by atoms with Crippen molar-refractivity contribution in [2.75, 3.05) is 51.8 Å². The van der Waals surface area contributed by atoms with Gasteiger partial charge in [-0.15, -0.1) is 11.3 Å². The summed E-state index contributed by atoms with van der Waals surface area (Å²) in [6.07, 6.45) is 5.18.